The van der Waals surface area contributed by atoms with Crippen LogP contribution in [-0.4, -0.2) is 37.6 Å². The predicted octanol–water partition coefficient (Wildman–Crippen LogP) is -0.507. The maximum Gasteiger partial charge on any atom is 0.241 e. The summed E-state index contributed by atoms with van der Waals surface area (Å²) in [6, 6.07) is 3.88. The van der Waals surface area contributed by atoms with Crippen molar-refractivity contribution in [3.05, 3.63) is 18.7 Å². The predicted molar refractivity (Wildman–Crippen MR) is 64.8 cm³/mol. The molecular formula is C10H9N9. The van der Waals surface area contributed by atoms with Gasteiger partial charge in [-0.15, -0.1) is 0 Å². The fourth-order valence-corrected chi connectivity index (χ4v) is 1.37. The number of anilines is 2. The van der Waals surface area contributed by atoms with Gasteiger partial charge in [0, 0.05) is 12.4 Å². The number of nitrogen functional groups attached to an aromatic ring is 1. The average Bonchev–Trinajstić information content (AvgIpc) is 2.91. The third-order valence-electron chi connectivity index (χ3n) is 2.17. The molecule has 0 atom stereocenters. The second-order valence-electron chi connectivity index (χ2n) is 3.44. The van der Waals surface area contributed by atoms with Gasteiger partial charge in [0.1, 0.15) is 19.4 Å². The Balaban J connectivity index is 2.41. The summed E-state index contributed by atoms with van der Waals surface area (Å²) in [5, 5.41) is 17.5. The van der Waals surface area contributed by atoms with Crippen LogP contribution in [0.5, 0.6) is 0 Å². The lowest BCUT2D eigenvalue weighted by Gasteiger charge is -2.16. The first-order valence-electron chi connectivity index (χ1n) is 5.23. The van der Waals surface area contributed by atoms with Gasteiger partial charge in [0.2, 0.25) is 17.8 Å². The topological polar surface area (TPSA) is 133 Å². The lowest BCUT2D eigenvalue weighted by molar-refractivity contribution is 0.843. The van der Waals surface area contributed by atoms with E-state index in [1.54, 1.807) is 17.0 Å². The van der Waals surface area contributed by atoms with E-state index in [4.69, 9.17) is 16.3 Å². The minimum Gasteiger partial charge on any atom is -0.368 e. The number of aromatic nitrogens is 5. The summed E-state index contributed by atoms with van der Waals surface area (Å²) in [5.74, 6) is 0.467. The highest BCUT2D eigenvalue weighted by Gasteiger charge is 2.12. The highest BCUT2D eigenvalue weighted by atomic mass is 15.3. The fraction of sp³-hybridized carbons (Fsp3) is 0.200. The van der Waals surface area contributed by atoms with E-state index in [-0.39, 0.29) is 30.9 Å². The summed E-state index contributed by atoms with van der Waals surface area (Å²) >= 11 is 0. The molecule has 9 nitrogen and oxygen atoms in total. The van der Waals surface area contributed by atoms with E-state index >= 15 is 0 Å². The van der Waals surface area contributed by atoms with E-state index in [2.05, 4.69) is 19.9 Å². The molecule has 0 fully saturated rings. The van der Waals surface area contributed by atoms with Gasteiger partial charge in [-0.3, -0.25) is 4.57 Å². The summed E-state index contributed by atoms with van der Waals surface area (Å²) in [4.78, 5) is 17.3. The number of nitriles is 2. The molecule has 0 aliphatic carbocycles. The Kier molecular flexibility index (Phi) is 3.50. The molecule has 0 radical (unpaired) electrons. The number of nitrogens with two attached hydrogens (primary N) is 1. The van der Waals surface area contributed by atoms with Crippen LogP contribution in [0.2, 0.25) is 0 Å². The van der Waals surface area contributed by atoms with Crippen LogP contribution in [0.1, 0.15) is 0 Å². The van der Waals surface area contributed by atoms with Crippen LogP contribution in [0.4, 0.5) is 11.9 Å². The van der Waals surface area contributed by atoms with Crippen molar-refractivity contribution in [3.8, 4) is 18.1 Å². The van der Waals surface area contributed by atoms with Gasteiger partial charge >= 0.3 is 0 Å². The van der Waals surface area contributed by atoms with Gasteiger partial charge < -0.3 is 10.6 Å². The van der Waals surface area contributed by atoms with Crippen LogP contribution in [0.3, 0.4) is 0 Å². The Hall–Kier alpha value is -3.20. The number of hydrogen-bond donors (Lipinski definition) is 1. The van der Waals surface area contributed by atoms with Gasteiger partial charge in [-0.25, -0.2) is 4.98 Å². The van der Waals surface area contributed by atoms with Crippen LogP contribution in [0.25, 0.3) is 5.95 Å². The molecule has 19 heavy (non-hydrogen) atoms. The standard InChI is InChI=1S/C10H9N9/c11-1-4-18(5-2-12)9-15-8(13)16-10(17-9)19-6-3-14-7-19/h3,6-7H,4-5H2,(H2,13,15,16,17). The molecule has 0 amide bonds. The molecule has 2 heterocycles. The molecule has 9 heteroatoms. The third kappa shape index (κ3) is 2.73. The van der Waals surface area contributed by atoms with E-state index in [1.165, 1.54) is 11.2 Å². The molecule has 0 aliphatic heterocycles. The number of rotatable bonds is 4. The first-order chi connectivity index (χ1) is 9.24. The number of nitrogens with zero attached hydrogens (tertiary/aromatic N) is 8. The quantitative estimate of drug-likeness (QED) is 0.722. The second kappa shape index (κ2) is 5.42. The normalized spacial score (nSPS) is 9.58. The van der Waals surface area contributed by atoms with Crippen molar-refractivity contribution in [2.24, 2.45) is 0 Å². The van der Waals surface area contributed by atoms with Crippen molar-refractivity contribution in [2.75, 3.05) is 23.7 Å². The zero-order valence-electron chi connectivity index (χ0n) is 9.80. The Morgan fingerprint density at radius 3 is 2.53 bits per heavy atom. The Bertz CT molecular complexity index is 618. The Labute approximate surface area is 108 Å². The lowest BCUT2D eigenvalue weighted by Crippen LogP contribution is -2.27. The van der Waals surface area contributed by atoms with Gasteiger partial charge in [0.05, 0.1) is 12.1 Å². The Morgan fingerprint density at radius 2 is 1.95 bits per heavy atom. The van der Waals surface area contributed by atoms with Crippen molar-refractivity contribution in [1.29, 1.82) is 10.5 Å². The van der Waals surface area contributed by atoms with Crippen molar-refractivity contribution in [3.63, 3.8) is 0 Å². The van der Waals surface area contributed by atoms with Crippen LogP contribution in [0.15, 0.2) is 18.7 Å². The SMILES string of the molecule is N#CCN(CC#N)c1nc(N)nc(-n2ccnc2)n1. The molecule has 0 unspecified atom stereocenters. The summed E-state index contributed by atoms with van der Waals surface area (Å²) in [7, 11) is 0. The largest absolute Gasteiger partial charge is 0.368 e. The minimum atomic E-state index is -0.0135. The zero-order chi connectivity index (χ0) is 13.7. The lowest BCUT2D eigenvalue weighted by atomic mass is 10.5. The van der Waals surface area contributed by atoms with Crippen LogP contribution >= 0.6 is 0 Å². The molecular weight excluding hydrogens is 246 g/mol. The first kappa shape index (κ1) is 12.3. The van der Waals surface area contributed by atoms with Gasteiger partial charge in [-0.1, -0.05) is 0 Å². The maximum absolute atomic E-state index is 8.73. The monoisotopic (exact) mass is 255 g/mol. The Morgan fingerprint density at radius 1 is 1.21 bits per heavy atom. The van der Waals surface area contributed by atoms with E-state index in [0.29, 0.717) is 0 Å². The van der Waals surface area contributed by atoms with Crippen molar-refractivity contribution in [1.82, 2.24) is 24.5 Å². The zero-order valence-corrected chi connectivity index (χ0v) is 9.80. The highest BCUT2D eigenvalue weighted by Crippen LogP contribution is 2.11. The molecule has 0 aliphatic rings. The fourth-order valence-electron chi connectivity index (χ4n) is 1.37. The van der Waals surface area contributed by atoms with Gasteiger partial charge in [-0.2, -0.15) is 25.5 Å². The van der Waals surface area contributed by atoms with Crippen molar-refractivity contribution < 1.29 is 0 Å². The molecule has 0 bridgehead atoms. The van der Waals surface area contributed by atoms with Gasteiger partial charge in [0.15, 0.2) is 0 Å². The second-order valence-corrected chi connectivity index (χ2v) is 3.44. The molecule has 94 valence electrons. The van der Waals surface area contributed by atoms with Crippen LogP contribution in [0, 0.1) is 22.7 Å². The molecule has 0 saturated carbocycles. The first-order valence-corrected chi connectivity index (χ1v) is 5.23. The van der Waals surface area contributed by atoms with Gasteiger partial charge in [0.25, 0.3) is 0 Å². The maximum atomic E-state index is 8.73. The number of imidazole rings is 1. The van der Waals surface area contributed by atoms with Crippen molar-refractivity contribution >= 4 is 11.9 Å². The molecule has 0 saturated heterocycles. The molecule has 2 aromatic rings. The van der Waals surface area contributed by atoms with Gasteiger partial charge in [-0.05, 0) is 0 Å². The summed E-state index contributed by atoms with van der Waals surface area (Å²) in [6.07, 6.45) is 4.73. The molecule has 0 aromatic carbocycles. The molecule has 2 aromatic heterocycles. The average molecular weight is 255 g/mol. The summed E-state index contributed by atoms with van der Waals surface area (Å²) in [5.41, 5.74) is 5.61. The van der Waals surface area contributed by atoms with E-state index < -0.39 is 0 Å². The summed E-state index contributed by atoms with van der Waals surface area (Å²) < 4.78 is 1.55. The molecule has 0 spiro atoms. The molecule has 2 rings (SSSR count). The molecule has 2 N–H and O–H groups in total. The van der Waals surface area contributed by atoms with E-state index in [1.807, 2.05) is 12.1 Å². The highest BCUT2D eigenvalue weighted by molar-refractivity contribution is 5.39. The number of hydrogen-bond acceptors (Lipinski definition) is 8. The van der Waals surface area contributed by atoms with Crippen LogP contribution < -0.4 is 10.6 Å². The van der Waals surface area contributed by atoms with E-state index in [0.717, 1.165) is 0 Å². The smallest absolute Gasteiger partial charge is 0.241 e. The summed E-state index contributed by atoms with van der Waals surface area (Å²) in [6.45, 7) is -0.0270. The van der Waals surface area contributed by atoms with Crippen LogP contribution in [-0.2, 0) is 0 Å². The van der Waals surface area contributed by atoms with Crippen molar-refractivity contribution in [2.45, 2.75) is 0 Å². The van der Waals surface area contributed by atoms with E-state index in [9.17, 15) is 0 Å². The minimum absolute atomic E-state index is 0.00887. The third-order valence-corrected chi connectivity index (χ3v) is 2.17.